The van der Waals surface area contributed by atoms with Crippen LogP contribution in [0.1, 0.15) is 16.8 Å². The normalized spacial score (nSPS) is 28.8. The average Bonchev–Trinajstić information content (AvgIpc) is 2.69. The van der Waals surface area contributed by atoms with Gasteiger partial charge in [0, 0.05) is 25.4 Å². The Bertz CT molecular complexity index is 432. The third-order valence-corrected chi connectivity index (χ3v) is 3.42. The quantitative estimate of drug-likeness (QED) is 0.727. The van der Waals surface area contributed by atoms with E-state index in [2.05, 4.69) is 10.3 Å². The zero-order chi connectivity index (χ0) is 13.8. The van der Waals surface area contributed by atoms with Crippen LogP contribution in [-0.2, 0) is 4.74 Å². The van der Waals surface area contributed by atoms with Crippen molar-refractivity contribution in [3.8, 4) is 0 Å². The van der Waals surface area contributed by atoms with Gasteiger partial charge < -0.3 is 20.3 Å². The molecule has 4 atom stereocenters. The maximum Gasteiger partial charge on any atom is 0.253 e. The summed E-state index contributed by atoms with van der Waals surface area (Å²) in [6.07, 6.45) is 1.68. The van der Waals surface area contributed by atoms with Crippen molar-refractivity contribution < 1.29 is 19.7 Å². The molecule has 3 N–H and O–H groups in total. The van der Waals surface area contributed by atoms with Crippen LogP contribution >= 0.6 is 12.4 Å². The number of aliphatic hydroxyl groups excluding tert-OH is 2. The molecule has 0 saturated heterocycles. The van der Waals surface area contributed by atoms with Crippen LogP contribution in [0, 0.1) is 5.92 Å². The van der Waals surface area contributed by atoms with Gasteiger partial charge in [-0.25, -0.2) is 0 Å². The summed E-state index contributed by atoms with van der Waals surface area (Å²) in [5.74, 6) is -0.471. The molecule has 1 aromatic heterocycles. The molecule has 0 unspecified atom stereocenters. The van der Waals surface area contributed by atoms with Gasteiger partial charge in [-0.05, 0) is 18.6 Å². The van der Waals surface area contributed by atoms with Gasteiger partial charge in [0.25, 0.3) is 5.91 Å². The zero-order valence-electron chi connectivity index (χ0n) is 11.1. The van der Waals surface area contributed by atoms with Gasteiger partial charge in [-0.1, -0.05) is 0 Å². The van der Waals surface area contributed by atoms with Gasteiger partial charge in [0.15, 0.2) is 0 Å². The second-order valence-corrected chi connectivity index (χ2v) is 4.75. The van der Waals surface area contributed by atoms with E-state index in [1.165, 1.54) is 6.20 Å². The molecular formula is C13H19ClN2O4. The van der Waals surface area contributed by atoms with Gasteiger partial charge in [0.1, 0.15) is 6.10 Å². The second-order valence-electron chi connectivity index (χ2n) is 4.75. The number of pyridine rings is 1. The van der Waals surface area contributed by atoms with E-state index < -0.39 is 18.2 Å². The Hall–Kier alpha value is -1.21. The van der Waals surface area contributed by atoms with Crippen LogP contribution in [0.4, 0.5) is 0 Å². The van der Waals surface area contributed by atoms with E-state index >= 15 is 0 Å². The van der Waals surface area contributed by atoms with Crippen molar-refractivity contribution in [2.24, 2.45) is 5.92 Å². The largest absolute Gasteiger partial charge is 0.390 e. The van der Waals surface area contributed by atoms with E-state index in [9.17, 15) is 15.0 Å². The Balaban J connectivity index is 0.00000200. The smallest absolute Gasteiger partial charge is 0.253 e. The van der Waals surface area contributed by atoms with Crippen LogP contribution < -0.4 is 5.32 Å². The minimum atomic E-state index is -0.972. The van der Waals surface area contributed by atoms with Crippen LogP contribution in [0.5, 0.6) is 0 Å². The van der Waals surface area contributed by atoms with E-state index in [4.69, 9.17) is 4.74 Å². The fraction of sp³-hybridized carbons (Fsp3) is 0.538. The van der Waals surface area contributed by atoms with Gasteiger partial charge >= 0.3 is 0 Å². The van der Waals surface area contributed by atoms with Gasteiger partial charge in [-0.3, -0.25) is 9.78 Å². The third-order valence-electron chi connectivity index (χ3n) is 3.42. The summed E-state index contributed by atoms with van der Waals surface area (Å²) >= 11 is 0. The average molecular weight is 303 g/mol. The highest BCUT2D eigenvalue weighted by Crippen LogP contribution is 2.27. The SMILES string of the molecule is COC[C@H]1C[C@@H](NC(=O)c2cccnc2)[C@H](O)[C@@H]1O.Cl. The standard InChI is InChI=1S/C13H18N2O4.ClH/c1-19-7-9-5-10(12(17)11(9)16)15-13(18)8-3-2-4-14-6-8;/h2-4,6,9-12,16-17H,5,7H2,1H3,(H,15,18);1H/t9-,10-,11-,12+;/m1./s1. The summed E-state index contributed by atoms with van der Waals surface area (Å²) < 4.78 is 4.99. The Labute approximate surface area is 123 Å². The fourth-order valence-corrected chi connectivity index (χ4v) is 2.40. The van der Waals surface area contributed by atoms with Crippen LogP contribution in [0.2, 0.25) is 0 Å². The van der Waals surface area contributed by atoms with Crippen molar-refractivity contribution in [1.82, 2.24) is 10.3 Å². The molecule has 1 aliphatic rings. The number of methoxy groups -OCH3 is 1. The number of carbonyl (C=O) groups is 1. The van der Waals surface area contributed by atoms with Crippen molar-refractivity contribution in [3.05, 3.63) is 30.1 Å². The van der Waals surface area contributed by atoms with E-state index in [0.29, 0.717) is 18.6 Å². The molecule has 7 heteroatoms. The highest BCUT2D eigenvalue weighted by atomic mass is 35.5. The fourth-order valence-electron chi connectivity index (χ4n) is 2.40. The summed E-state index contributed by atoms with van der Waals surface area (Å²) in [4.78, 5) is 15.8. The highest BCUT2D eigenvalue weighted by molar-refractivity contribution is 5.94. The number of carbonyl (C=O) groups excluding carboxylic acids is 1. The first-order chi connectivity index (χ1) is 9.13. The molecule has 1 heterocycles. The molecule has 6 nitrogen and oxygen atoms in total. The lowest BCUT2D eigenvalue weighted by atomic mass is 10.1. The lowest BCUT2D eigenvalue weighted by Gasteiger charge is -2.18. The van der Waals surface area contributed by atoms with E-state index in [0.717, 1.165) is 0 Å². The maximum absolute atomic E-state index is 11.9. The number of nitrogens with zero attached hydrogens (tertiary/aromatic N) is 1. The summed E-state index contributed by atoms with van der Waals surface area (Å²) in [6.45, 7) is 0.359. The molecule has 112 valence electrons. The number of aromatic nitrogens is 1. The number of rotatable bonds is 4. The predicted octanol–water partition coefficient (Wildman–Crippen LogP) is -0.0101. The Morgan fingerprint density at radius 2 is 2.25 bits per heavy atom. The summed E-state index contributed by atoms with van der Waals surface area (Å²) in [5.41, 5.74) is 0.430. The molecule has 1 aromatic rings. The number of halogens is 1. The molecule has 1 aliphatic carbocycles. The van der Waals surface area contributed by atoms with Gasteiger partial charge in [0.2, 0.25) is 0 Å². The van der Waals surface area contributed by atoms with E-state index in [1.54, 1.807) is 25.4 Å². The van der Waals surface area contributed by atoms with Crippen LogP contribution in [0.3, 0.4) is 0 Å². The minimum absolute atomic E-state index is 0. The first-order valence-corrected chi connectivity index (χ1v) is 6.19. The van der Waals surface area contributed by atoms with Crippen molar-refractivity contribution in [3.63, 3.8) is 0 Å². The molecule has 0 aromatic carbocycles. The molecule has 0 radical (unpaired) electrons. The number of nitrogens with one attached hydrogen (secondary N) is 1. The number of amides is 1. The second kappa shape index (κ2) is 7.54. The predicted molar refractivity (Wildman–Crippen MR) is 74.7 cm³/mol. The summed E-state index contributed by atoms with van der Waals surface area (Å²) in [7, 11) is 1.54. The molecule has 0 bridgehead atoms. The van der Waals surface area contributed by atoms with Gasteiger partial charge in [-0.15, -0.1) is 12.4 Å². The Morgan fingerprint density at radius 1 is 1.50 bits per heavy atom. The number of hydrogen-bond acceptors (Lipinski definition) is 5. The molecule has 0 spiro atoms. The number of ether oxygens (including phenoxy) is 1. The first-order valence-electron chi connectivity index (χ1n) is 6.19. The third kappa shape index (κ3) is 3.67. The Morgan fingerprint density at radius 3 is 2.85 bits per heavy atom. The molecule has 20 heavy (non-hydrogen) atoms. The molecule has 0 aliphatic heterocycles. The van der Waals surface area contributed by atoms with Gasteiger partial charge in [0.05, 0.1) is 24.3 Å². The van der Waals surface area contributed by atoms with Crippen molar-refractivity contribution in [2.45, 2.75) is 24.7 Å². The number of aliphatic hydroxyl groups is 2. The molecular weight excluding hydrogens is 284 g/mol. The van der Waals surface area contributed by atoms with Crippen LogP contribution in [0.15, 0.2) is 24.5 Å². The summed E-state index contributed by atoms with van der Waals surface area (Å²) in [6, 6.07) is 2.85. The first kappa shape index (κ1) is 16.8. The lowest BCUT2D eigenvalue weighted by molar-refractivity contribution is -0.00552. The van der Waals surface area contributed by atoms with Crippen molar-refractivity contribution in [2.75, 3.05) is 13.7 Å². The van der Waals surface area contributed by atoms with Crippen LogP contribution in [0.25, 0.3) is 0 Å². The summed E-state index contributed by atoms with van der Waals surface area (Å²) in [5, 5.41) is 22.5. The van der Waals surface area contributed by atoms with E-state index in [1.807, 2.05) is 0 Å². The number of hydrogen-bond donors (Lipinski definition) is 3. The molecule has 2 rings (SSSR count). The van der Waals surface area contributed by atoms with Gasteiger partial charge in [-0.2, -0.15) is 0 Å². The van der Waals surface area contributed by atoms with E-state index in [-0.39, 0.29) is 24.2 Å². The van der Waals surface area contributed by atoms with Crippen molar-refractivity contribution in [1.29, 1.82) is 0 Å². The molecule has 1 fully saturated rings. The monoisotopic (exact) mass is 302 g/mol. The van der Waals surface area contributed by atoms with Crippen molar-refractivity contribution >= 4 is 18.3 Å². The van der Waals surface area contributed by atoms with Crippen LogP contribution in [-0.4, -0.2) is 53.1 Å². The highest BCUT2D eigenvalue weighted by Gasteiger charge is 2.42. The molecule has 1 saturated carbocycles. The zero-order valence-corrected chi connectivity index (χ0v) is 11.9. The minimum Gasteiger partial charge on any atom is -0.390 e. The molecule has 1 amide bonds. The maximum atomic E-state index is 11.9. The topological polar surface area (TPSA) is 91.7 Å². The lowest BCUT2D eigenvalue weighted by Crippen LogP contribution is -2.43. The Kier molecular flexibility index (Phi) is 6.35.